The van der Waals surface area contributed by atoms with Crippen LogP contribution >= 0.6 is 0 Å². The van der Waals surface area contributed by atoms with E-state index in [0.29, 0.717) is 0 Å². The monoisotopic (exact) mass is 310 g/mol. The Morgan fingerprint density at radius 2 is 1.96 bits per heavy atom. The molecule has 2 aliphatic heterocycles. The standard InChI is InChI=1S/C18H15FN2O2/c19-11-2-3-14-13(8-11)12-5-6-20-17(18(12)21-14)10-1-4-15-16(7-10)23-9-22-15/h1-4,7-8,17,20-21H,5-6,9H2. The Kier molecular flexibility index (Phi) is 2.67. The summed E-state index contributed by atoms with van der Waals surface area (Å²) in [4.78, 5) is 3.46. The average molecular weight is 310 g/mol. The van der Waals surface area contributed by atoms with Gasteiger partial charge in [0.2, 0.25) is 6.79 Å². The molecule has 0 radical (unpaired) electrons. The summed E-state index contributed by atoms with van der Waals surface area (Å²) in [5.41, 5.74) is 4.39. The average Bonchev–Trinajstić information content (AvgIpc) is 3.17. The van der Waals surface area contributed by atoms with Gasteiger partial charge in [0.15, 0.2) is 11.5 Å². The molecular weight excluding hydrogens is 295 g/mol. The number of H-pyrrole nitrogens is 1. The number of aromatic nitrogens is 1. The summed E-state index contributed by atoms with van der Waals surface area (Å²) in [5.74, 6) is 1.36. The van der Waals surface area contributed by atoms with Crippen molar-refractivity contribution in [3.8, 4) is 11.5 Å². The van der Waals surface area contributed by atoms with E-state index >= 15 is 0 Å². The molecule has 0 aliphatic carbocycles. The van der Waals surface area contributed by atoms with Crippen LogP contribution in [0.3, 0.4) is 0 Å². The van der Waals surface area contributed by atoms with Gasteiger partial charge in [0, 0.05) is 23.1 Å². The molecular formula is C18H15FN2O2. The predicted octanol–water partition coefficient (Wildman–Crippen LogP) is 3.27. The maximum atomic E-state index is 13.6. The van der Waals surface area contributed by atoms with Crippen LogP contribution in [0.4, 0.5) is 4.39 Å². The van der Waals surface area contributed by atoms with Crippen molar-refractivity contribution in [3.63, 3.8) is 0 Å². The SMILES string of the molecule is Fc1ccc2[nH]c3c(c2c1)CCNC3c1ccc2c(c1)OCO2. The molecule has 0 spiro atoms. The van der Waals surface area contributed by atoms with Crippen molar-refractivity contribution < 1.29 is 13.9 Å². The Morgan fingerprint density at radius 3 is 2.91 bits per heavy atom. The van der Waals surface area contributed by atoms with E-state index in [2.05, 4.69) is 10.3 Å². The third-order valence-electron chi connectivity index (χ3n) is 4.64. The van der Waals surface area contributed by atoms with E-state index in [-0.39, 0.29) is 18.7 Å². The van der Waals surface area contributed by atoms with Gasteiger partial charge in [-0.3, -0.25) is 0 Å². The zero-order chi connectivity index (χ0) is 15.4. The number of nitrogens with one attached hydrogen (secondary N) is 2. The second kappa shape index (κ2) is 4.73. The number of halogens is 1. The minimum Gasteiger partial charge on any atom is -0.454 e. The maximum Gasteiger partial charge on any atom is 0.231 e. The fourth-order valence-electron chi connectivity index (χ4n) is 3.58. The van der Waals surface area contributed by atoms with Gasteiger partial charge in [0.1, 0.15) is 5.82 Å². The van der Waals surface area contributed by atoms with E-state index in [4.69, 9.17) is 9.47 Å². The van der Waals surface area contributed by atoms with Crippen molar-refractivity contribution in [2.75, 3.05) is 13.3 Å². The first-order valence-electron chi connectivity index (χ1n) is 7.72. The molecule has 1 unspecified atom stereocenters. The lowest BCUT2D eigenvalue weighted by Gasteiger charge is -2.25. The van der Waals surface area contributed by atoms with Gasteiger partial charge in [-0.15, -0.1) is 0 Å². The third-order valence-corrected chi connectivity index (χ3v) is 4.64. The smallest absolute Gasteiger partial charge is 0.231 e. The molecule has 116 valence electrons. The fraction of sp³-hybridized carbons (Fsp3) is 0.222. The summed E-state index contributed by atoms with van der Waals surface area (Å²) >= 11 is 0. The highest BCUT2D eigenvalue weighted by Gasteiger charge is 2.26. The zero-order valence-corrected chi connectivity index (χ0v) is 12.4. The molecule has 0 amide bonds. The van der Waals surface area contributed by atoms with E-state index in [1.54, 1.807) is 12.1 Å². The molecule has 2 aromatic carbocycles. The first-order chi connectivity index (χ1) is 11.3. The van der Waals surface area contributed by atoms with Crippen LogP contribution in [-0.4, -0.2) is 18.3 Å². The van der Waals surface area contributed by atoms with Gasteiger partial charge in [-0.2, -0.15) is 0 Å². The molecule has 2 N–H and O–H groups in total. The van der Waals surface area contributed by atoms with Crippen LogP contribution < -0.4 is 14.8 Å². The number of benzene rings is 2. The van der Waals surface area contributed by atoms with Crippen molar-refractivity contribution >= 4 is 10.9 Å². The maximum absolute atomic E-state index is 13.6. The number of rotatable bonds is 1. The third kappa shape index (κ3) is 1.93. The molecule has 1 atom stereocenters. The highest BCUT2D eigenvalue weighted by atomic mass is 19.1. The largest absolute Gasteiger partial charge is 0.454 e. The van der Waals surface area contributed by atoms with Gasteiger partial charge >= 0.3 is 0 Å². The minimum absolute atomic E-state index is 0.0451. The summed E-state index contributed by atoms with van der Waals surface area (Å²) in [6.45, 7) is 1.13. The molecule has 5 rings (SSSR count). The molecule has 1 aromatic heterocycles. The molecule has 0 saturated heterocycles. The molecule has 5 heteroatoms. The van der Waals surface area contributed by atoms with E-state index in [0.717, 1.165) is 46.6 Å². The van der Waals surface area contributed by atoms with E-state index in [1.807, 2.05) is 18.2 Å². The van der Waals surface area contributed by atoms with Gasteiger partial charge in [-0.25, -0.2) is 4.39 Å². The van der Waals surface area contributed by atoms with Gasteiger partial charge in [-0.1, -0.05) is 6.07 Å². The molecule has 0 saturated carbocycles. The molecule has 4 nitrogen and oxygen atoms in total. The van der Waals surface area contributed by atoms with Crippen LogP contribution in [0.2, 0.25) is 0 Å². The van der Waals surface area contributed by atoms with E-state index < -0.39 is 0 Å². The van der Waals surface area contributed by atoms with E-state index in [1.165, 1.54) is 11.6 Å². The van der Waals surface area contributed by atoms with Crippen LogP contribution in [0.1, 0.15) is 22.9 Å². The number of aromatic amines is 1. The van der Waals surface area contributed by atoms with Crippen LogP contribution in [0.25, 0.3) is 10.9 Å². The summed E-state index contributed by atoms with van der Waals surface area (Å²) in [6, 6.07) is 11.0. The second-order valence-corrected chi connectivity index (χ2v) is 5.96. The lowest BCUT2D eigenvalue weighted by Crippen LogP contribution is -2.30. The molecule has 23 heavy (non-hydrogen) atoms. The number of hydrogen-bond donors (Lipinski definition) is 2. The van der Waals surface area contributed by atoms with Crippen molar-refractivity contribution in [3.05, 3.63) is 59.0 Å². The molecule has 3 aromatic rings. The number of fused-ring (bicyclic) bond motifs is 4. The number of hydrogen-bond acceptors (Lipinski definition) is 3. The molecule has 3 heterocycles. The van der Waals surface area contributed by atoms with Crippen LogP contribution in [-0.2, 0) is 6.42 Å². The first kappa shape index (κ1) is 13.0. The molecule has 0 bridgehead atoms. The van der Waals surface area contributed by atoms with Gasteiger partial charge < -0.3 is 19.8 Å². The van der Waals surface area contributed by atoms with Crippen LogP contribution in [0.15, 0.2) is 36.4 Å². The van der Waals surface area contributed by atoms with Crippen LogP contribution in [0, 0.1) is 5.82 Å². The lowest BCUT2D eigenvalue weighted by atomic mass is 9.94. The summed E-state index contributed by atoms with van der Waals surface area (Å²) < 4.78 is 24.5. The lowest BCUT2D eigenvalue weighted by molar-refractivity contribution is 0.174. The highest BCUT2D eigenvalue weighted by molar-refractivity contribution is 5.85. The summed E-state index contributed by atoms with van der Waals surface area (Å²) in [7, 11) is 0. The van der Waals surface area contributed by atoms with Crippen molar-refractivity contribution in [1.29, 1.82) is 0 Å². The predicted molar refractivity (Wildman–Crippen MR) is 84.4 cm³/mol. The Hall–Kier alpha value is -2.53. The Balaban J connectivity index is 1.65. The quantitative estimate of drug-likeness (QED) is 0.725. The topological polar surface area (TPSA) is 46.3 Å². The molecule has 0 fully saturated rings. The van der Waals surface area contributed by atoms with Gasteiger partial charge in [0.05, 0.1) is 6.04 Å². The second-order valence-electron chi connectivity index (χ2n) is 5.96. The van der Waals surface area contributed by atoms with Gasteiger partial charge in [0.25, 0.3) is 0 Å². The summed E-state index contributed by atoms with van der Waals surface area (Å²) in [6.07, 6.45) is 0.889. The summed E-state index contributed by atoms with van der Waals surface area (Å²) in [5, 5.41) is 4.52. The zero-order valence-electron chi connectivity index (χ0n) is 12.4. The van der Waals surface area contributed by atoms with Crippen molar-refractivity contribution in [2.24, 2.45) is 0 Å². The Labute approximate surface area is 132 Å². The Morgan fingerprint density at radius 1 is 1.04 bits per heavy atom. The first-order valence-corrected chi connectivity index (χ1v) is 7.72. The van der Waals surface area contributed by atoms with Crippen molar-refractivity contribution in [2.45, 2.75) is 12.5 Å². The molecule has 2 aliphatic rings. The highest BCUT2D eigenvalue weighted by Crippen LogP contribution is 2.38. The number of ether oxygens (including phenoxy) is 2. The van der Waals surface area contributed by atoms with Crippen molar-refractivity contribution in [1.82, 2.24) is 10.3 Å². The fourth-order valence-corrected chi connectivity index (χ4v) is 3.58. The normalized spacial score (nSPS) is 19.1. The van der Waals surface area contributed by atoms with E-state index in [9.17, 15) is 4.39 Å². The Bertz CT molecular complexity index is 919. The minimum atomic E-state index is -0.197. The van der Waals surface area contributed by atoms with Gasteiger partial charge in [-0.05, 0) is 47.9 Å². The van der Waals surface area contributed by atoms with Crippen LogP contribution in [0.5, 0.6) is 11.5 Å².